The number of hydrogen-bond donors (Lipinski definition) is 1. The van der Waals surface area contributed by atoms with Crippen LogP contribution >= 0.6 is 22.6 Å². The van der Waals surface area contributed by atoms with Gasteiger partial charge >= 0.3 is 0 Å². The van der Waals surface area contributed by atoms with Gasteiger partial charge < -0.3 is 15.0 Å². The molecule has 1 aliphatic heterocycles. The van der Waals surface area contributed by atoms with Crippen molar-refractivity contribution in [2.24, 2.45) is 5.92 Å². The third kappa shape index (κ3) is 4.31. The van der Waals surface area contributed by atoms with Gasteiger partial charge in [-0.15, -0.1) is 0 Å². The van der Waals surface area contributed by atoms with Gasteiger partial charge in [0.25, 0.3) is 0 Å². The average Bonchev–Trinajstić information content (AvgIpc) is 3.00. The highest BCUT2D eigenvalue weighted by Crippen LogP contribution is 2.27. The number of anilines is 2. The van der Waals surface area contributed by atoms with E-state index in [1.807, 2.05) is 55.5 Å². The van der Waals surface area contributed by atoms with Crippen LogP contribution in [0.15, 0.2) is 48.5 Å². The molecule has 5 nitrogen and oxygen atoms in total. The molecule has 0 aliphatic carbocycles. The SMILES string of the molecule is CCOc1ccc(N2CC(C(=O)Nc3ccc(I)cc3)CC2=O)cc1. The fourth-order valence-corrected chi connectivity index (χ4v) is 3.16. The summed E-state index contributed by atoms with van der Waals surface area (Å²) in [5.41, 5.74) is 1.54. The summed E-state index contributed by atoms with van der Waals surface area (Å²) in [6.45, 7) is 2.92. The average molecular weight is 450 g/mol. The van der Waals surface area contributed by atoms with Gasteiger partial charge in [0.2, 0.25) is 11.8 Å². The van der Waals surface area contributed by atoms with E-state index in [1.165, 1.54) is 0 Å². The number of benzene rings is 2. The van der Waals surface area contributed by atoms with Crippen LogP contribution in [0, 0.1) is 9.49 Å². The zero-order valence-corrected chi connectivity index (χ0v) is 16.0. The lowest BCUT2D eigenvalue weighted by molar-refractivity contribution is -0.122. The maximum Gasteiger partial charge on any atom is 0.229 e. The second-order valence-corrected chi connectivity index (χ2v) is 7.07. The first-order chi connectivity index (χ1) is 12.1. The van der Waals surface area contributed by atoms with Gasteiger partial charge in [-0.2, -0.15) is 0 Å². The van der Waals surface area contributed by atoms with Gasteiger partial charge in [-0.3, -0.25) is 9.59 Å². The first kappa shape index (κ1) is 17.7. The molecule has 6 heteroatoms. The topological polar surface area (TPSA) is 58.6 Å². The van der Waals surface area contributed by atoms with E-state index in [0.29, 0.717) is 13.2 Å². The third-order valence-electron chi connectivity index (χ3n) is 4.07. The molecule has 1 N–H and O–H groups in total. The van der Waals surface area contributed by atoms with Gasteiger partial charge in [-0.25, -0.2) is 0 Å². The largest absolute Gasteiger partial charge is 0.494 e. The standard InChI is InChI=1S/C19H19IN2O3/c1-2-25-17-9-7-16(8-10-17)22-12-13(11-18(22)23)19(24)21-15-5-3-14(20)4-6-15/h3-10,13H,2,11-12H2,1H3,(H,21,24). The maximum absolute atomic E-state index is 12.4. The molecule has 0 radical (unpaired) electrons. The van der Waals surface area contributed by atoms with Crippen molar-refractivity contribution in [3.05, 3.63) is 52.1 Å². The molecular formula is C19H19IN2O3. The zero-order chi connectivity index (χ0) is 17.8. The number of halogens is 1. The molecule has 0 bridgehead atoms. The van der Waals surface area contributed by atoms with Gasteiger partial charge in [0.05, 0.1) is 12.5 Å². The molecule has 3 rings (SSSR count). The van der Waals surface area contributed by atoms with Crippen molar-refractivity contribution in [1.82, 2.24) is 0 Å². The molecule has 1 heterocycles. The first-order valence-corrected chi connectivity index (χ1v) is 9.24. The number of carbonyl (C=O) groups excluding carboxylic acids is 2. The Kier molecular flexibility index (Phi) is 5.57. The summed E-state index contributed by atoms with van der Waals surface area (Å²) in [4.78, 5) is 26.4. The van der Waals surface area contributed by atoms with E-state index >= 15 is 0 Å². The summed E-state index contributed by atoms with van der Waals surface area (Å²) >= 11 is 2.21. The number of nitrogens with one attached hydrogen (secondary N) is 1. The molecular weight excluding hydrogens is 431 g/mol. The third-order valence-corrected chi connectivity index (χ3v) is 4.79. The van der Waals surface area contributed by atoms with Crippen LogP contribution in [0.5, 0.6) is 5.75 Å². The lowest BCUT2D eigenvalue weighted by atomic mass is 10.1. The van der Waals surface area contributed by atoms with E-state index in [9.17, 15) is 9.59 Å². The molecule has 1 aliphatic rings. The Bertz CT molecular complexity index is 759. The lowest BCUT2D eigenvalue weighted by Crippen LogP contribution is -2.28. The molecule has 1 unspecified atom stereocenters. The van der Waals surface area contributed by atoms with Crippen molar-refractivity contribution in [3.63, 3.8) is 0 Å². The van der Waals surface area contributed by atoms with Gasteiger partial charge in [0.15, 0.2) is 0 Å². The van der Waals surface area contributed by atoms with Crippen LogP contribution in [0.4, 0.5) is 11.4 Å². The maximum atomic E-state index is 12.4. The van der Waals surface area contributed by atoms with Crippen molar-refractivity contribution in [1.29, 1.82) is 0 Å². The smallest absolute Gasteiger partial charge is 0.229 e. The minimum absolute atomic E-state index is 0.0353. The van der Waals surface area contributed by atoms with Crippen LogP contribution in [0.2, 0.25) is 0 Å². The van der Waals surface area contributed by atoms with Gasteiger partial charge in [-0.1, -0.05) is 0 Å². The molecule has 1 atom stereocenters. The van der Waals surface area contributed by atoms with Crippen molar-refractivity contribution >= 4 is 45.8 Å². The second-order valence-electron chi connectivity index (χ2n) is 5.83. The Balaban J connectivity index is 1.65. The molecule has 130 valence electrons. The van der Waals surface area contributed by atoms with E-state index in [0.717, 1.165) is 20.7 Å². The monoisotopic (exact) mass is 450 g/mol. The van der Waals surface area contributed by atoms with Crippen LogP contribution in [0.3, 0.4) is 0 Å². The molecule has 2 amide bonds. The Morgan fingerprint density at radius 2 is 1.88 bits per heavy atom. The number of ether oxygens (including phenoxy) is 1. The molecule has 1 fully saturated rings. The number of hydrogen-bond acceptors (Lipinski definition) is 3. The van der Waals surface area contributed by atoms with E-state index in [1.54, 1.807) is 4.90 Å². The van der Waals surface area contributed by atoms with Crippen LogP contribution in [0.25, 0.3) is 0 Å². The highest BCUT2D eigenvalue weighted by Gasteiger charge is 2.35. The summed E-state index contributed by atoms with van der Waals surface area (Å²) in [6.07, 6.45) is 0.226. The molecule has 1 saturated heterocycles. The van der Waals surface area contributed by atoms with Gasteiger partial charge in [0.1, 0.15) is 5.75 Å². The quantitative estimate of drug-likeness (QED) is 0.708. The Hall–Kier alpha value is -2.09. The molecule has 0 saturated carbocycles. The summed E-state index contributed by atoms with van der Waals surface area (Å²) in [5, 5.41) is 2.89. The highest BCUT2D eigenvalue weighted by molar-refractivity contribution is 14.1. The van der Waals surface area contributed by atoms with Crippen LogP contribution < -0.4 is 15.0 Å². The normalized spacial score (nSPS) is 16.8. The lowest BCUT2D eigenvalue weighted by Gasteiger charge is -2.17. The van der Waals surface area contributed by atoms with Crippen LogP contribution in [-0.4, -0.2) is 25.0 Å². The summed E-state index contributed by atoms with van der Waals surface area (Å²) in [6, 6.07) is 15.0. The molecule has 25 heavy (non-hydrogen) atoms. The molecule has 2 aromatic carbocycles. The number of rotatable bonds is 5. The predicted octanol–water partition coefficient (Wildman–Crippen LogP) is 3.68. The van der Waals surface area contributed by atoms with Crippen molar-refractivity contribution in [2.45, 2.75) is 13.3 Å². The fourth-order valence-electron chi connectivity index (χ4n) is 2.80. The van der Waals surface area contributed by atoms with E-state index < -0.39 is 0 Å². The Morgan fingerprint density at radius 1 is 1.20 bits per heavy atom. The van der Waals surface area contributed by atoms with Crippen molar-refractivity contribution in [2.75, 3.05) is 23.4 Å². The van der Waals surface area contributed by atoms with E-state index in [2.05, 4.69) is 27.9 Å². The molecule has 0 aromatic heterocycles. The number of carbonyl (C=O) groups is 2. The summed E-state index contributed by atoms with van der Waals surface area (Å²) < 4.78 is 6.52. The zero-order valence-electron chi connectivity index (χ0n) is 13.9. The van der Waals surface area contributed by atoms with Gasteiger partial charge in [-0.05, 0) is 78.0 Å². The number of nitrogens with zero attached hydrogens (tertiary/aromatic N) is 1. The van der Waals surface area contributed by atoms with Crippen LogP contribution in [-0.2, 0) is 9.59 Å². The summed E-state index contributed by atoms with van der Waals surface area (Å²) in [7, 11) is 0. The highest BCUT2D eigenvalue weighted by atomic mass is 127. The second kappa shape index (κ2) is 7.86. The predicted molar refractivity (Wildman–Crippen MR) is 106 cm³/mol. The van der Waals surface area contributed by atoms with Crippen molar-refractivity contribution in [3.8, 4) is 5.75 Å². The molecule has 0 spiro atoms. The summed E-state index contributed by atoms with van der Waals surface area (Å²) in [5.74, 6) is 0.263. The minimum atomic E-state index is -0.349. The Morgan fingerprint density at radius 3 is 2.52 bits per heavy atom. The van der Waals surface area contributed by atoms with Crippen molar-refractivity contribution < 1.29 is 14.3 Å². The van der Waals surface area contributed by atoms with Gasteiger partial charge in [0, 0.05) is 27.9 Å². The molecule has 2 aromatic rings. The number of amides is 2. The Labute approximate surface area is 160 Å². The van der Waals surface area contributed by atoms with E-state index in [-0.39, 0.29) is 24.2 Å². The van der Waals surface area contributed by atoms with E-state index in [4.69, 9.17) is 4.74 Å². The minimum Gasteiger partial charge on any atom is -0.494 e. The first-order valence-electron chi connectivity index (χ1n) is 8.16. The van der Waals surface area contributed by atoms with Crippen LogP contribution in [0.1, 0.15) is 13.3 Å². The fraction of sp³-hybridized carbons (Fsp3) is 0.263.